The van der Waals surface area contributed by atoms with E-state index in [-0.39, 0.29) is 23.0 Å². The molecule has 4 aliphatic heterocycles. The smallest absolute Gasteiger partial charge is 0.250 e. The molecule has 1 atom stereocenters. The Labute approximate surface area is 257 Å². The number of pyridine rings is 1. The highest BCUT2D eigenvalue weighted by atomic mass is 32.2. The Morgan fingerprint density at radius 2 is 1.84 bits per heavy atom. The van der Waals surface area contributed by atoms with Crippen molar-refractivity contribution in [2.75, 3.05) is 59.6 Å². The van der Waals surface area contributed by atoms with Gasteiger partial charge in [0.15, 0.2) is 0 Å². The summed E-state index contributed by atoms with van der Waals surface area (Å²) in [7, 11) is -3.71. The molecular formula is C31H39N7O5S. The lowest BCUT2D eigenvalue weighted by molar-refractivity contribution is -0.138. The maximum Gasteiger partial charge on any atom is 0.250 e. The van der Waals surface area contributed by atoms with Crippen molar-refractivity contribution in [2.24, 2.45) is 11.3 Å². The lowest BCUT2D eigenvalue weighted by Crippen LogP contribution is -2.51. The average molecular weight is 622 g/mol. The minimum atomic E-state index is -3.71. The number of aliphatic hydroxyl groups excluding tert-OH is 1. The van der Waals surface area contributed by atoms with Gasteiger partial charge in [-0.1, -0.05) is 6.92 Å². The Morgan fingerprint density at radius 1 is 1.05 bits per heavy atom. The molecule has 13 heteroatoms. The molecule has 8 bridgehead atoms. The quantitative estimate of drug-likeness (QED) is 0.435. The summed E-state index contributed by atoms with van der Waals surface area (Å²) in [6.07, 6.45) is 7.46. The van der Waals surface area contributed by atoms with Crippen molar-refractivity contribution in [3.8, 4) is 22.9 Å². The van der Waals surface area contributed by atoms with Gasteiger partial charge >= 0.3 is 0 Å². The number of aromatic nitrogens is 3. The number of hydrogen-bond donors (Lipinski definition) is 2. The summed E-state index contributed by atoms with van der Waals surface area (Å²) in [4.78, 5) is 25.4. The van der Waals surface area contributed by atoms with Crippen LogP contribution < -0.4 is 14.5 Å². The number of amides is 1. The number of carbonyl (C=O) groups excluding carboxylic acids is 1. The first kappa shape index (κ1) is 29.0. The van der Waals surface area contributed by atoms with Crippen LogP contribution in [0, 0.1) is 11.3 Å². The zero-order chi connectivity index (χ0) is 30.5. The fraction of sp³-hybridized carbons (Fsp3) is 0.548. The van der Waals surface area contributed by atoms with E-state index in [1.165, 1.54) is 0 Å². The third-order valence-electron chi connectivity index (χ3n) is 9.51. The van der Waals surface area contributed by atoms with Gasteiger partial charge in [-0.2, -0.15) is 0 Å². The molecular weight excluding hydrogens is 582 g/mol. The molecule has 3 aromatic rings. The van der Waals surface area contributed by atoms with Crippen molar-refractivity contribution in [1.82, 2.24) is 20.1 Å². The molecule has 0 spiro atoms. The van der Waals surface area contributed by atoms with Gasteiger partial charge in [-0.05, 0) is 74.3 Å². The number of anilines is 3. The Morgan fingerprint density at radius 3 is 2.61 bits per heavy atom. The molecule has 234 valence electrons. The number of rotatable bonds is 5. The van der Waals surface area contributed by atoms with Gasteiger partial charge < -0.3 is 24.2 Å². The highest BCUT2D eigenvalue weighted by molar-refractivity contribution is 7.92. The second-order valence-electron chi connectivity index (χ2n) is 13.0. The van der Waals surface area contributed by atoms with Crippen LogP contribution in [0.25, 0.3) is 22.9 Å². The minimum Gasteiger partial charge on any atom is -0.416 e. The van der Waals surface area contributed by atoms with Crippen LogP contribution in [-0.4, -0.2) is 90.6 Å². The van der Waals surface area contributed by atoms with E-state index in [1.807, 2.05) is 12.1 Å². The number of benzene rings is 1. The first-order valence-electron chi connectivity index (χ1n) is 15.6. The van der Waals surface area contributed by atoms with Crippen molar-refractivity contribution in [3.63, 3.8) is 0 Å². The summed E-state index contributed by atoms with van der Waals surface area (Å²) in [6, 6.07) is 9.39. The molecule has 1 unspecified atom stereocenters. The van der Waals surface area contributed by atoms with E-state index < -0.39 is 16.6 Å². The van der Waals surface area contributed by atoms with Crippen LogP contribution in [0.4, 0.5) is 17.2 Å². The number of carbonyl (C=O) groups is 1. The molecule has 2 saturated heterocycles. The molecule has 6 heterocycles. The topological polar surface area (TPSA) is 145 Å². The molecule has 3 fully saturated rings. The van der Waals surface area contributed by atoms with E-state index in [9.17, 15) is 18.3 Å². The molecule has 5 aliphatic rings. The Kier molecular flexibility index (Phi) is 7.48. The van der Waals surface area contributed by atoms with Gasteiger partial charge in [0.05, 0.1) is 35.2 Å². The van der Waals surface area contributed by atoms with Crippen molar-refractivity contribution in [1.29, 1.82) is 0 Å². The second-order valence-corrected chi connectivity index (χ2v) is 14.8. The molecule has 2 N–H and O–H groups in total. The number of hydrogen-bond acceptors (Lipinski definition) is 10. The van der Waals surface area contributed by atoms with Crippen LogP contribution in [-0.2, 0) is 14.8 Å². The standard InChI is InChI=1S/C31H39N7O5S/c1-31-9-13-36(14-10-31)26-18-23(35-44(41,42)16-15-39)4-7-25(26)29-34-33-28(43-29)21-8-11-32-27(17-21)37-12-2-3-22(19-37)30(40)38(20-31)24-5-6-24/h4,7-8,11,17-18,22,24,35,39H,2-3,5-6,9-10,12-16,19-20H2,1H3. The van der Waals surface area contributed by atoms with Crippen LogP contribution >= 0.6 is 0 Å². The van der Waals surface area contributed by atoms with Gasteiger partial charge in [-0.15, -0.1) is 10.2 Å². The van der Waals surface area contributed by atoms with Gasteiger partial charge in [0.25, 0.3) is 0 Å². The number of nitrogens with zero attached hydrogens (tertiary/aromatic N) is 6. The highest BCUT2D eigenvalue weighted by Crippen LogP contribution is 2.42. The van der Waals surface area contributed by atoms with E-state index in [4.69, 9.17) is 4.42 Å². The summed E-state index contributed by atoms with van der Waals surface area (Å²) >= 11 is 0. The summed E-state index contributed by atoms with van der Waals surface area (Å²) < 4.78 is 33.8. The van der Waals surface area contributed by atoms with Crippen LogP contribution in [0.2, 0.25) is 0 Å². The Bertz CT molecular complexity index is 1650. The summed E-state index contributed by atoms with van der Waals surface area (Å²) in [5.41, 5.74) is 2.60. The molecule has 1 saturated carbocycles. The number of piperidine rings is 2. The molecule has 1 aromatic carbocycles. The van der Waals surface area contributed by atoms with Crippen LogP contribution in [0.5, 0.6) is 0 Å². The minimum absolute atomic E-state index is 0.0391. The van der Waals surface area contributed by atoms with Crippen LogP contribution in [0.3, 0.4) is 0 Å². The normalized spacial score (nSPS) is 24.1. The van der Waals surface area contributed by atoms with Crippen molar-refractivity contribution in [2.45, 2.75) is 51.5 Å². The molecule has 0 radical (unpaired) electrons. The van der Waals surface area contributed by atoms with E-state index in [0.29, 0.717) is 35.6 Å². The first-order valence-corrected chi connectivity index (χ1v) is 17.2. The van der Waals surface area contributed by atoms with Crippen LogP contribution in [0.1, 0.15) is 45.4 Å². The van der Waals surface area contributed by atoms with E-state index in [1.54, 1.807) is 24.4 Å². The van der Waals surface area contributed by atoms with Gasteiger partial charge in [0, 0.05) is 50.5 Å². The second kappa shape index (κ2) is 11.3. The fourth-order valence-corrected chi connectivity index (χ4v) is 7.64. The molecule has 1 amide bonds. The Balaban J connectivity index is 1.30. The highest BCUT2D eigenvalue weighted by Gasteiger charge is 2.42. The van der Waals surface area contributed by atoms with Crippen molar-refractivity contribution >= 4 is 33.1 Å². The Hall–Kier alpha value is -3.71. The predicted octanol–water partition coefficient (Wildman–Crippen LogP) is 3.36. The largest absolute Gasteiger partial charge is 0.416 e. The number of nitrogens with one attached hydrogen (secondary N) is 1. The maximum absolute atomic E-state index is 14.1. The van der Waals surface area contributed by atoms with E-state index in [0.717, 1.165) is 81.8 Å². The van der Waals surface area contributed by atoms with Gasteiger partial charge in [-0.3, -0.25) is 9.52 Å². The average Bonchev–Trinajstić information content (AvgIpc) is 3.75. The third kappa shape index (κ3) is 5.86. The molecule has 2 aromatic heterocycles. The van der Waals surface area contributed by atoms with Crippen LogP contribution in [0.15, 0.2) is 40.9 Å². The summed E-state index contributed by atoms with van der Waals surface area (Å²) in [5.74, 6) is 1.31. The summed E-state index contributed by atoms with van der Waals surface area (Å²) in [6.45, 7) is 5.52. The number of fused-ring (bicyclic) bond motifs is 4. The monoisotopic (exact) mass is 621 g/mol. The molecule has 12 nitrogen and oxygen atoms in total. The number of aliphatic hydroxyl groups is 1. The zero-order valence-electron chi connectivity index (χ0n) is 25.0. The van der Waals surface area contributed by atoms with Crippen molar-refractivity contribution < 1.29 is 22.7 Å². The molecule has 1 aliphatic carbocycles. The van der Waals surface area contributed by atoms with Gasteiger partial charge in [0.1, 0.15) is 5.82 Å². The van der Waals surface area contributed by atoms with Gasteiger partial charge in [0.2, 0.25) is 27.7 Å². The number of sulfonamides is 1. The van der Waals surface area contributed by atoms with Gasteiger partial charge in [-0.25, -0.2) is 13.4 Å². The SMILES string of the molecule is CC12CCN(CC1)c1cc(NS(=O)(=O)CCO)ccc1-c1nnc(o1)-c1ccnc(c1)N1CCCC(C1)C(=O)N(C1CC1)C2. The predicted molar refractivity (Wildman–Crippen MR) is 167 cm³/mol. The van der Waals surface area contributed by atoms with E-state index in [2.05, 4.69) is 41.5 Å². The molecule has 8 rings (SSSR count). The first-order chi connectivity index (χ1) is 21.2. The lowest BCUT2D eigenvalue weighted by Gasteiger charge is -2.44. The maximum atomic E-state index is 14.1. The van der Waals surface area contributed by atoms with Crippen molar-refractivity contribution in [3.05, 3.63) is 36.5 Å². The fourth-order valence-electron chi connectivity index (χ4n) is 6.81. The van der Waals surface area contributed by atoms with E-state index >= 15 is 0 Å². The zero-order valence-corrected chi connectivity index (χ0v) is 25.8. The third-order valence-corrected chi connectivity index (χ3v) is 10.8. The summed E-state index contributed by atoms with van der Waals surface area (Å²) in [5, 5.41) is 18.0. The lowest BCUT2D eigenvalue weighted by atomic mass is 9.79. The molecule has 44 heavy (non-hydrogen) atoms.